The van der Waals surface area contributed by atoms with Crippen molar-refractivity contribution in [2.45, 2.75) is 6.04 Å². The van der Waals surface area contributed by atoms with Crippen LogP contribution in [-0.4, -0.2) is 6.61 Å². The van der Waals surface area contributed by atoms with E-state index < -0.39 is 0 Å². The molecule has 6 heteroatoms. The quantitative estimate of drug-likeness (QED) is 0.652. The number of rotatable bonds is 5. The molecule has 1 atom stereocenters. The molecule has 1 unspecified atom stereocenters. The van der Waals surface area contributed by atoms with Gasteiger partial charge in [0.1, 0.15) is 24.2 Å². The van der Waals surface area contributed by atoms with Gasteiger partial charge in [-0.1, -0.05) is 17.7 Å². The molecule has 1 aromatic carbocycles. The van der Waals surface area contributed by atoms with Gasteiger partial charge in [0.15, 0.2) is 0 Å². The molecule has 0 amide bonds. The first-order valence-corrected chi connectivity index (χ1v) is 6.45. The minimum absolute atomic E-state index is 0.242. The lowest BCUT2D eigenvalue weighted by Crippen LogP contribution is -2.32. The number of hydrazine groups is 1. The van der Waals surface area contributed by atoms with Crippen molar-refractivity contribution in [2.24, 2.45) is 5.84 Å². The molecule has 1 heterocycles. The number of benzene rings is 1. The normalized spacial score (nSPS) is 12.4. The third kappa shape index (κ3) is 3.26. The van der Waals surface area contributed by atoms with E-state index in [1.165, 1.54) is 0 Å². The summed E-state index contributed by atoms with van der Waals surface area (Å²) in [6, 6.07) is 8.75. The Morgan fingerprint density at radius 3 is 2.89 bits per heavy atom. The third-order valence-corrected chi connectivity index (χ3v) is 3.27. The fourth-order valence-corrected chi connectivity index (χ4v) is 2.15. The van der Waals surface area contributed by atoms with Crippen molar-refractivity contribution in [1.29, 1.82) is 0 Å². The number of hydrogen-bond donors (Lipinski definition) is 2. The van der Waals surface area contributed by atoms with Crippen LogP contribution in [0.4, 0.5) is 0 Å². The second kappa shape index (κ2) is 6.24. The van der Waals surface area contributed by atoms with Crippen molar-refractivity contribution in [3.05, 3.63) is 51.9 Å². The summed E-state index contributed by atoms with van der Waals surface area (Å²) in [5, 5.41) is 0.629. The van der Waals surface area contributed by atoms with Crippen LogP contribution in [0.5, 0.6) is 5.75 Å². The van der Waals surface area contributed by atoms with E-state index in [1.807, 2.05) is 12.1 Å². The zero-order chi connectivity index (χ0) is 13.0. The number of furan rings is 1. The van der Waals surface area contributed by atoms with Crippen molar-refractivity contribution < 1.29 is 9.15 Å². The van der Waals surface area contributed by atoms with Crippen LogP contribution < -0.4 is 16.0 Å². The van der Waals surface area contributed by atoms with Crippen LogP contribution in [0, 0.1) is 0 Å². The molecule has 4 nitrogen and oxygen atoms in total. The summed E-state index contributed by atoms with van der Waals surface area (Å²) < 4.78 is 11.8. The fraction of sp³-hybridized carbons (Fsp3) is 0.167. The van der Waals surface area contributed by atoms with E-state index in [-0.39, 0.29) is 6.04 Å². The molecular weight excluding hydrogens is 320 g/mol. The fourth-order valence-electron chi connectivity index (χ4n) is 1.49. The zero-order valence-electron chi connectivity index (χ0n) is 9.40. The van der Waals surface area contributed by atoms with Gasteiger partial charge in [0.25, 0.3) is 0 Å². The maximum atomic E-state index is 5.87. The zero-order valence-corrected chi connectivity index (χ0v) is 11.7. The lowest BCUT2D eigenvalue weighted by molar-refractivity contribution is 0.247. The first-order chi connectivity index (χ1) is 8.70. The summed E-state index contributed by atoms with van der Waals surface area (Å²) in [5.41, 5.74) is 2.65. The number of nitrogens with two attached hydrogens (primary N) is 1. The maximum Gasteiger partial charge on any atom is 0.139 e. The number of ether oxygens (including phenoxy) is 1. The highest BCUT2D eigenvalue weighted by molar-refractivity contribution is 9.10. The highest BCUT2D eigenvalue weighted by Crippen LogP contribution is 2.25. The smallest absolute Gasteiger partial charge is 0.139 e. The Morgan fingerprint density at radius 2 is 2.28 bits per heavy atom. The summed E-state index contributed by atoms with van der Waals surface area (Å²) in [6.45, 7) is 0.336. The van der Waals surface area contributed by atoms with E-state index in [0.717, 1.165) is 4.47 Å². The van der Waals surface area contributed by atoms with Gasteiger partial charge in [0.2, 0.25) is 0 Å². The number of hydrogen-bond acceptors (Lipinski definition) is 4. The molecule has 0 aliphatic heterocycles. The largest absolute Gasteiger partial charge is 0.491 e. The van der Waals surface area contributed by atoms with Gasteiger partial charge in [-0.2, -0.15) is 0 Å². The van der Waals surface area contributed by atoms with Crippen molar-refractivity contribution >= 4 is 27.5 Å². The third-order valence-electron chi connectivity index (χ3n) is 2.38. The van der Waals surface area contributed by atoms with E-state index in [0.29, 0.717) is 23.1 Å². The van der Waals surface area contributed by atoms with Crippen LogP contribution in [0.3, 0.4) is 0 Å². The molecule has 0 spiro atoms. The lowest BCUT2D eigenvalue weighted by atomic mass is 10.2. The van der Waals surface area contributed by atoms with E-state index in [4.69, 9.17) is 26.6 Å². The summed E-state index contributed by atoms with van der Waals surface area (Å²) in [6.07, 6.45) is 1.59. The minimum Gasteiger partial charge on any atom is -0.491 e. The molecule has 1 aromatic heterocycles. The molecule has 0 saturated carbocycles. The molecule has 0 saturated heterocycles. The summed E-state index contributed by atoms with van der Waals surface area (Å²) in [5.74, 6) is 6.87. The average Bonchev–Trinajstić information content (AvgIpc) is 2.77. The highest BCUT2D eigenvalue weighted by atomic mass is 79.9. The predicted octanol–water partition coefficient (Wildman–Crippen LogP) is 3.28. The van der Waals surface area contributed by atoms with Gasteiger partial charge in [-0.05, 0) is 40.2 Å². The van der Waals surface area contributed by atoms with E-state index in [1.54, 1.807) is 24.5 Å². The lowest BCUT2D eigenvalue weighted by Gasteiger charge is -2.15. The predicted molar refractivity (Wildman–Crippen MR) is 73.4 cm³/mol. The standard InChI is InChI=1S/C12H12BrClN2O2/c13-10-4-5-17-12(10)11(16-15)7-18-9-3-1-2-8(14)6-9/h1-6,11,16H,7,15H2. The van der Waals surface area contributed by atoms with Crippen LogP contribution in [0.25, 0.3) is 0 Å². The molecule has 0 bridgehead atoms. The van der Waals surface area contributed by atoms with Gasteiger partial charge >= 0.3 is 0 Å². The van der Waals surface area contributed by atoms with Crippen LogP contribution in [0.1, 0.15) is 11.8 Å². The molecule has 0 aliphatic carbocycles. The Kier molecular flexibility index (Phi) is 4.66. The van der Waals surface area contributed by atoms with Crippen molar-refractivity contribution in [2.75, 3.05) is 6.61 Å². The Labute approximate surface area is 118 Å². The van der Waals surface area contributed by atoms with Crippen LogP contribution in [0.2, 0.25) is 5.02 Å². The summed E-state index contributed by atoms with van der Waals surface area (Å²) in [4.78, 5) is 0. The Hall–Kier alpha value is -1.01. The summed E-state index contributed by atoms with van der Waals surface area (Å²) in [7, 11) is 0. The molecule has 2 aromatic rings. The van der Waals surface area contributed by atoms with E-state index in [9.17, 15) is 0 Å². The number of nitrogens with one attached hydrogen (secondary N) is 1. The molecule has 0 aliphatic rings. The van der Waals surface area contributed by atoms with Crippen molar-refractivity contribution in [3.8, 4) is 5.75 Å². The Morgan fingerprint density at radius 1 is 1.44 bits per heavy atom. The van der Waals surface area contributed by atoms with Gasteiger partial charge in [0, 0.05) is 5.02 Å². The molecule has 2 rings (SSSR count). The Bertz CT molecular complexity index is 518. The SMILES string of the molecule is NNC(COc1cccc(Cl)c1)c1occc1Br. The van der Waals surface area contributed by atoms with Gasteiger partial charge in [-0.3, -0.25) is 5.84 Å². The number of halogens is 2. The first kappa shape index (κ1) is 13.4. The van der Waals surface area contributed by atoms with Gasteiger partial charge in [-0.25, -0.2) is 5.43 Å². The van der Waals surface area contributed by atoms with Crippen molar-refractivity contribution in [3.63, 3.8) is 0 Å². The molecule has 18 heavy (non-hydrogen) atoms. The Balaban J connectivity index is 2.02. The topological polar surface area (TPSA) is 60.4 Å². The molecule has 0 radical (unpaired) electrons. The van der Waals surface area contributed by atoms with Crippen LogP contribution in [0.15, 0.2) is 45.5 Å². The van der Waals surface area contributed by atoms with Gasteiger partial charge in [0.05, 0.1) is 10.7 Å². The monoisotopic (exact) mass is 330 g/mol. The molecular formula is C12H12BrClN2O2. The second-order valence-electron chi connectivity index (χ2n) is 3.62. The van der Waals surface area contributed by atoms with Crippen LogP contribution >= 0.6 is 27.5 Å². The first-order valence-electron chi connectivity index (χ1n) is 5.28. The van der Waals surface area contributed by atoms with Crippen LogP contribution in [-0.2, 0) is 0 Å². The molecule has 3 N–H and O–H groups in total. The maximum absolute atomic E-state index is 5.87. The minimum atomic E-state index is -0.242. The molecule has 0 fully saturated rings. The van der Waals surface area contributed by atoms with Gasteiger partial charge in [-0.15, -0.1) is 0 Å². The van der Waals surface area contributed by atoms with E-state index >= 15 is 0 Å². The summed E-state index contributed by atoms with van der Waals surface area (Å²) >= 11 is 9.25. The second-order valence-corrected chi connectivity index (χ2v) is 4.91. The van der Waals surface area contributed by atoms with Gasteiger partial charge < -0.3 is 9.15 Å². The molecule has 96 valence electrons. The average molecular weight is 332 g/mol. The van der Waals surface area contributed by atoms with E-state index in [2.05, 4.69) is 21.4 Å². The highest BCUT2D eigenvalue weighted by Gasteiger charge is 2.17. The van der Waals surface area contributed by atoms with Crippen molar-refractivity contribution in [1.82, 2.24) is 5.43 Å².